The maximum atomic E-state index is 14.6. The van der Waals surface area contributed by atoms with Crippen LogP contribution in [-0.4, -0.2) is 34.7 Å². The molecular weight excluding hydrogens is 403 g/mol. The van der Waals surface area contributed by atoms with Crippen LogP contribution >= 0.6 is 11.3 Å². The molecule has 5 nitrogen and oxygen atoms in total. The lowest BCUT2D eigenvalue weighted by atomic mass is 10.0. The van der Waals surface area contributed by atoms with Gasteiger partial charge >= 0.3 is 0 Å². The summed E-state index contributed by atoms with van der Waals surface area (Å²) in [4.78, 5) is 31.3. The zero-order valence-corrected chi connectivity index (χ0v) is 17.2. The normalized spacial score (nSPS) is 15.8. The van der Waals surface area contributed by atoms with Crippen molar-refractivity contribution >= 4 is 33.2 Å². The Balaban J connectivity index is 1.35. The number of rotatable bonds is 7. The predicted molar refractivity (Wildman–Crippen MR) is 113 cm³/mol. The van der Waals surface area contributed by atoms with Gasteiger partial charge in [-0.3, -0.25) is 14.6 Å². The van der Waals surface area contributed by atoms with Crippen LogP contribution in [0.5, 0.6) is 11.5 Å². The third-order valence-corrected chi connectivity index (χ3v) is 6.69. The largest absolute Gasteiger partial charge is 0.453 e. The van der Waals surface area contributed by atoms with Crippen molar-refractivity contribution in [1.29, 1.82) is 0 Å². The molecule has 3 heterocycles. The highest BCUT2D eigenvalue weighted by Crippen LogP contribution is 2.37. The number of carbonyl (C=O) groups is 2. The van der Waals surface area contributed by atoms with Crippen LogP contribution in [0.3, 0.4) is 0 Å². The van der Waals surface area contributed by atoms with Gasteiger partial charge < -0.3 is 9.64 Å². The summed E-state index contributed by atoms with van der Waals surface area (Å²) in [5, 5.41) is 0. The number of amides is 1. The Morgan fingerprint density at radius 3 is 2.70 bits per heavy atom. The smallest absolute Gasteiger partial charge is 0.264 e. The summed E-state index contributed by atoms with van der Waals surface area (Å²) in [6.07, 6.45) is 5.71. The average molecular weight is 424 g/mol. The number of carbonyl (C=O) groups excluding carboxylic acids is 2. The number of hydrogen-bond donors (Lipinski definition) is 0. The quantitative estimate of drug-likeness (QED) is 0.536. The van der Waals surface area contributed by atoms with Gasteiger partial charge in [0.2, 0.25) is 0 Å². The first-order valence-corrected chi connectivity index (χ1v) is 11.0. The zero-order chi connectivity index (χ0) is 20.7. The molecule has 1 amide bonds. The van der Waals surface area contributed by atoms with Gasteiger partial charge in [-0.25, -0.2) is 4.39 Å². The van der Waals surface area contributed by atoms with E-state index in [4.69, 9.17) is 4.74 Å². The van der Waals surface area contributed by atoms with Crippen LogP contribution in [0.15, 0.2) is 36.5 Å². The van der Waals surface area contributed by atoms with Gasteiger partial charge in [-0.1, -0.05) is 6.07 Å². The van der Waals surface area contributed by atoms with Gasteiger partial charge in [0.1, 0.15) is 11.5 Å². The van der Waals surface area contributed by atoms with Crippen molar-refractivity contribution in [3.05, 3.63) is 52.8 Å². The molecule has 2 fully saturated rings. The SMILES string of the molecule is O=C(Cc1ccc(Oc2ccnc3cc(C(=O)N4CCC4)sc23)c(F)c1)CC1CC1. The van der Waals surface area contributed by atoms with Crippen molar-refractivity contribution in [2.24, 2.45) is 5.92 Å². The summed E-state index contributed by atoms with van der Waals surface area (Å²) in [5.41, 5.74) is 1.31. The summed E-state index contributed by atoms with van der Waals surface area (Å²) in [5.74, 6) is 0.725. The molecule has 1 aromatic carbocycles. The third-order valence-electron chi connectivity index (χ3n) is 5.56. The molecule has 0 bridgehead atoms. The number of Topliss-reactive ketones (excluding diaryl/α,β-unsaturated/α-hetero) is 1. The second-order valence-electron chi connectivity index (χ2n) is 8.01. The molecular formula is C23H21FN2O3S. The number of thiophene rings is 1. The second-order valence-corrected chi connectivity index (χ2v) is 9.06. The Kier molecular flexibility index (Phi) is 4.98. The van der Waals surface area contributed by atoms with E-state index in [0.717, 1.165) is 32.4 Å². The van der Waals surface area contributed by atoms with Crippen LogP contribution in [0.4, 0.5) is 4.39 Å². The molecule has 1 saturated carbocycles. The number of fused-ring (bicyclic) bond motifs is 1. The predicted octanol–water partition coefficient (Wildman–Crippen LogP) is 4.99. The van der Waals surface area contributed by atoms with E-state index in [1.165, 1.54) is 17.4 Å². The Morgan fingerprint density at radius 1 is 1.17 bits per heavy atom. The maximum Gasteiger partial charge on any atom is 0.264 e. The Hall–Kier alpha value is -2.80. The van der Waals surface area contributed by atoms with Crippen molar-refractivity contribution < 1.29 is 18.7 Å². The molecule has 1 saturated heterocycles. The fraction of sp³-hybridized carbons (Fsp3) is 0.348. The topological polar surface area (TPSA) is 59.5 Å². The van der Waals surface area contributed by atoms with Crippen molar-refractivity contribution in [3.63, 3.8) is 0 Å². The Bertz CT molecular complexity index is 1130. The van der Waals surface area contributed by atoms with Gasteiger partial charge in [0.05, 0.1) is 15.1 Å². The maximum absolute atomic E-state index is 14.6. The lowest BCUT2D eigenvalue weighted by Gasteiger charge is -2.30. The van der Waals surface area contributed by atoms with E-state index in [2.05, 4.69) is 4.98 Å². The van der Waals surface area contributed by atoms with Crippen molar-refractivity contribution in [1.82, 2.24) is 9.88 Å². The first-order valence-electron chi connectivity index (χ1n) is 10.2. The van der Waals surface area contributed by atoms with Crippen LogP contribution in [0.25, 0.3) is 10.2 Å². The van der Waals surface area contributed by atoms with E-state index in [9.17, 15) is 14.0 Å². The highest BCUT2D eigenvalue weighted by atomic mass is 32.1. The monoisotopic (exact) mass is 424 g/mol. The molecule has 0 unspecified atom stereocenters. The molecule has 7 heteroatoms. The molecule has 0 N–H and O–H groups in total. The number of nitrogens with zero attached hydrogens (tertiary/aromatic N) is 2. The average Bonchev–Trinajstić information content (AvgIpc) is 3.36. The summed E-state index contributed by atoms with van der Waals surface area (Å²) in [7, 11) is 0. The number of likely N-dealkylation sites (tertiary alicyclic amines) is 1. The van der Waals surface area contributed by atoms with E-state index in [-0.39, 0.29) is 23.9 Å². The lowest BCUT2D eigenvalue weighted by Crippen LogP contribution is -2.41. The lowest BCUT2D eigenvalue weighted by molar-refractivity contribution is -0.118. The standard InChI is InChI=1S/C23H21FN2O3S/c24-17-12-15(11-16(27)10-14-2-3-14)4-5-19(17)29-20-6-7-25-18-13-21(30-22(18)20)23(28)26-8-1-9-26/h4-7,12-14H,1-3,8-11H2. The van der Waals surface area contributed by atoms with E-state index < -0.39 is 5.82 Å². The molecule has 0 atom stereocenters. The van der Waals surface area contributed by atoms with Crippen molar-refractivity contribution in [2.75, 3.05) is 13.1 Å². The fourth-order valence-corrected chi connectivity index (χ4v) is 4.61. The number of ether oxygens (including phenoxy) is 1. The minimum Gasteiger partial charge on any atom is -0.453 e. The number of ketones is 1. The second kappa shape index (κ2) is 7.80. The highest BCUT2D eigenvalue weighted by Gasteiger charge is 2.25. The molecule has 1 aliphatic carbocycles. The minimum atomic E-state index is -0.509. The fourth-order valence-electron chi connectivity index (χ4n) is 3.58. The summed E-state index contributed by atoms with van der Waals surface area (Å²) < 4.78 is 21.2. The van der Waals surface area contributed by atoms with Gasteiger partial charge in [-0.15, -0.1) is 11.3 Å². The third kappa shape index (κ3) is 3.94. The van der Waals surface area contributed by atoms with E-state index >= 15 is 0 Å². The summed E-state index contributed by atoms with van der Waals surface area (Å²) in [6.45, 7) is 1.56. The van der Waals surface area contributed by atoms with Crippen molar-refractivity contribution in [2.45, 2.75) is 32.1 Å². The molecule has 1 aliphatic heterocycles. The first-order chi connectivity index (χ1) is 14.6. The highest BCUT2D eigenvalue weighted by molar-refractivity contribution is 7.21. The number of aromatic nitrogens is 1. The van der Waals surface area contributed by atoms with Crippen LogP contribution in [0.1, 0.15) is 40.9 Å². The van der Waals surface area contributed by atoms with E-state index in [0.29, 0.717) is 38.7 Å². The number of pyridine rings is 1. The van der Waals surface area contributed by atoms with Gasteiger partial charge in [0.15, 0.2) is 11.6 Å². The molecule has 30 heavy (non-hydrogen) atoms. The van der Waals surface area contributed by atoms with E-state index in [1.54, 1.807) is 35.4 Å². The molecule has 2 aromatic heterocycles. The van der Waals surface area contributed by atoms with Gasteiger partial charge in [-0.2, -0.15) is 0 Å². The molecule has 5 rings (SSSR count). The summed E-state index contributed by atoms with van der Waals surface area (Å²) in [6, 6.07) is 8.09. The van der Waals surface area contributed by atoms with Gasteiger partial charge in [0, 0.05) is 38.2 Å². The van der Waals surface area contributed by atoms with Crippen LogP contribution in [0.2, 0.25) is 0 Å². The van der Waals surface area contributed by atoms with E-state index in [1.807, 2.05) is 0 Å². The number of benzene rings is 1. The molecule has 154 valence electrons. The van der Waals surface area contributed by atoms with Gasteiger partial charge in [-0.05, 0) is 48.9 Å². The van der Waals surface area contributed by atoms with Crippen LogP contribution in [0, 0.1) is 11.7 Å². The molecule has 2 aliphatic rings. The minimum absolute atomic E-state index is 0.00148. The first kappa shape index (κ1) is 19.2. The summed E-state index contributed by atoms with van der Waals surface area (Å²) >= 11 is 1.31. The van der Waals surface area contributed by atoms with Crippen molar-refractivity contribution in [3.8, 4) is 11.5 Å². The number of hydrogen-bond acceptors (Lipinski definition) is 5. The Labute approximate surface area is 177 Å². The molecule has 0 spiro atoms. The zero-order valence-electron chi connectivity index (χ0n) is 16.4. The van der Waals surface area contributed by atoms with Gasteiger partial charge in [0.25, 0.3) is 5.91 Å². The van der Waals surface area contributed by atoms with Crippen LogP contribution in [-0.2, 0) is 11.2 Å². The number of halogens is 1. The Morgan fingerprint density at radius 2 is 2.00 bits per heavy atom. The van der Waals surface area contributed by atoms with Crippen LogP contribution < -0.4 is 4.74 Å². The molecule has 3 aromatic rings. The molecule has 0 radical (unpaired) electrons.